The molecular formula is C28H37NO3. The van der Waals surface area contributed by atoms with Gasteiger partial charge in [-0.05, 0) is 85.9 Å². The highest BCUT2D eigenvalue weighted by atomic mass is 16.6. The van der Waals surface area contributed by atoms with Gasteiger partial charge in [-0.1, -0.05) is 39.0 Å². The number of esters is 1. The van der Waals surface area contributed by atoms with E-state index < -0.39 is 5.60 Å². The average molecular weight is 436 g/mol. The van der Waals surface area contributed by atoms with E-state index in [0.29, 0.717) is 5.56 Å². The van der Waals surface area contributed by atoms with E-state index in [-0.39, 0.29) is 17.1 Å². The minimum absolute atomic E-state index is 0.142. The molecule has 0 heterocycles. The molecule has 0 amide bonds. The molecule has 172 valence electrons. The summed E-state index contributed by atoms with van der Waals surface area (Å²) in [7, 11) is 0. The molecular weight excluding hydrogens is 398 g/mol. The Kier molecular flexibility index (Phi) is 5.87. The largest absolute Gasteiger partial charge is 0.473 e. The molecule has 2 aliphatic rings. The van der Waals surface area contributed by atoms with Crippen molar-refractivity contribution in [3.05, 3.63) is 64.7 Å². The lowest BCUT2D eigenvalue weighted by molar-refractivity contribution is 0.00695. The summed E-state index contributed by atoms with van der Waals surface area (Å²) in [5, 5.41) is 3.65. The maximum Gasteiger partial charge on any atom is 0.338 e. The van der Waals surface area contributed by atoms with Crippen LogP contribution in [0.2, 0.25) is 0 Å². The fraction of sp³-hybridized carbons (Fsp3) is 0.536. The zero-order valence-corrected chi connectivity index (χ0v) is 20.4. The Hall–Kier alpha value is -2.33. The van der Waals surface area contributed by atoms with E-state index in [9.17, 15) is 4.79 Å². The van der Waals surface area contributed by atoms with Crippen molar-refractivity contribution in [3.8, 4) is 5.75 Å². The van der Waals surface area contributed by atoms with Crippen LogP contribution in [0.4, 0.5) is 0 Å². The van der Waals surface area contributed by atoms with Crippen LogP contribution in [0.5, 0.6) is 5.75 Å². The second kappa shape index (κ2) is 8.22. The fourth-order valence-corrected chi connectivity index (χ4v) is 3.82. The van der Waals surface area contributed by atoms with Crippen LogP contribution < -0.4 is 10.1 Å². The van der Waals surface area contributed by atoms with Gasteiger partial charge in [0, 0.05) is 19.4 Å². The summed E-state index contributed by atoms with van der Waals surface area (Å²) in [6.45, 7) is 13.2. The van der Waals surface area contributed by atoms with E-state index in [1.54, 1.807) is 12.1 Å². The van der Waals surface area contributed by atoms with Gasteiger partial charge < -0.3 is 9.47 Å². The molecule has 2 fully saturated rings. The molecule has 4 nitrogen and oxygen atoms in total. The van der Waals surface area contributed by atoms with Crippen molar-refractivity contribution in [1.82, 2.24) is 5.32 Å². The minimum Gasteiger partial charge on any atom is -0.473 e. The third kappa shape index (κ3) is 5.92. The van der Waals surface area contributed by atoms with Crippen LogP contribution >= 0.6 is 0 Å². The molecule has 0 saturated heterocycles. The fourth-order valence-electron chi connectivity index (χ4n) is 3.82. The molecule has 2 aliphatic carbocycles. The molecule has 2 saturated carbocycles. The van der Waals surface area contributed by atoms with Crippen LogP contribution in [0.15, 0.2) is 42.5 Å². The smallest absolute Gasteiger partial charge is 0.338 e. The van der Waals surface area contributed by atoms with Crippen molar-refractivity contribution in [2.24, 2.45) is 0 Å². The molecule has 1 N–H and O–H groups in total. The van der Waals surface area contributed by atoms with Gasteiger partial charge >= 0.3 is 5.97 Å². The van der Waals surface area contributed by atoms with Crippen LogP contribution in [-0.2, 0) is 16.7 Å². The monoisotopic (exact) mass is 435 g/mol. The molecule has 0 unspecified atom stereocenters. The van der Waals surface area contributed by atoms with Gasteiger partial charge in [-0.3, -0.25) is 5.32 Å². The lowest BCUT2D eigenvalue weighted by Crippen LogP contribution is -2.36. The van der Waals surface area contributed by atoms with Crippen molar-refractivity contribution >= 4 is 5.97 Å². The summed E-state index contributed by atoms with van der Waals surface area (Å²) in [4.78, 5) is 12.2. The Morgan fingerprint density at radius 1 is 1.00 bits per heavy atom. The summed E-state index contributed by atoms with van der Waals surface area (Å²) in [6, 6.07) is 14.4. The highest BCUT2D eigenvalue weighted by molar-refractivity contribution is 5.89. The molecule has 0 atom stereocenters. The van der Waals surface area contributed by atoms with Gasteiger partial charge in [0.1, 0.15) is 11.4 Å². The summed E-state index contributed by atoms with van der Waals surface area (Å²) in [5.41, 5.74) is 4.08. The molecule has 0 bridgehead atoms. The van der Waals surface area contributed by atoms with Crippen molar-refractivity contribution in [2.45, 2.75) is 96.4 Å². The summed E-state index contributed by atoms with van der Waals surface area (Å²) >= 11 is 0. The van der Waals surface area contributed by atoms with E-state index in [0.717, 1.165) is 31.1 Å². The first-order valence-electron chi connectivity index (χ1n) is 11.8. The molecule has 0 spiro atoms. The van der Waals surface area contributed by atoms with Gasteiger partial charge in [0.15, 0.2) is 5.72 Å². The predicted molar refractivity (Wildman–Crippen MR) is 128 cm³/mol. The van der Waals surface area contributed by atoms with Crippen molar-refractivity contribution in [1.29, 1.82) is 0 Å². The average Bonchev–Trinajstić information content (AvgIpc) is 3.61. The van der Waals surface area contributed by atoms with Gasteiger partial charge in [-0.2, -0.15) is 0 Å². The number of hydrogen-bond acceptors (Lipinski definition) is 4. The third-order valence-electron chi connectivity index (χ3n) is 6.05. The van der Waals surface area contributed by atoms with Gasteiger partial charge in [0.25, 0.3) is 0 Å². The molecule has 32 heavy (non-hydrogen) atoms. The highest BCUT2D eigenvalue weighted by Crippen LogP contribution is 2.42. The van der Waals surface area contributed by atoms with Gasteiger partial charge in [-0.25, -0.2) is 4.79 Å². The second-order valence-electron chi connectivity index (χ2n) is 11.5. The lowest BCUT2D eigenvalue weighted by Gasteiger charge is -2.23. The third-order valence-corrected chi connectivity index (χ3v) is 6.05. The van der Waals surface area contributed by atoms with Crippen LogP contribution in [-0.4, -0.2) is 17.3 Å². The summed E-state index contributed by atoms with van der Waals surface area (Å²) in [6.07, 6.45) is 4.59. The number of nitrogens with one attached hydrogen (secondary N) is 1. The van der Waals surface area contributed by atoms with E-state index in [1.807, 2.05) is 32.9 Å². The standard InChI is InChI=1S/C28H37NO3/c1-26(2,3)23-16-19(15-22(17-23)20-7-8-20)18-29-28(13-14-28)31-24-11-9-21(10-12-24)25(30)32-27(4,5)6/h9-12,15-17,20,29H,7-8,13-14,18H2,1-6H3. The van der Waals surface area contributed by atoms with Crippen LogP contribution in [0.3, 0.4) is 0 Å². The number of ether oxygens (including phenoxy) is 2. The van der Waals surface area contributed by atoms with Gasteiger partial charge in [0.05, 0.1) is 5.56 Å². The Morgan fingerprint density at radius 3 is 2.19 bits per heavy atom. The molecule has 2 aromatic carbocycles. The molecule has 0 aliphatic heterocycles. The Morgan fingerprint density at radius 2 is 1.66 bits per heavy atom. The zero-order chi connectivity index (χ0) is 23.1. The number of hydrogen-bond donors (Lipinski definition) is 1. The minimum atomic E-state index is -0.502. The SMILES string of the molecule is CC(C)(C)OC(=O)c1ccc(OC2(NCc3cc(C4CC4)cc(C(C)(C)C)c3)CC2)cc1. The van der Waals surface area contributed by atoms with E-state index in [4.69, 9.17) is 9.47 Å². The first-order chi connectivity index (χ1) is 14.9. The first-order valence-corrected chi connectivity index (χ1v) is 11.8. The van der Waals surface area contributed by atoms with E-state index in [1.165, 1.54) is 29.5 Å². The number of carbonyl (C=O) groups excluding carboxylic acids is 1. The Bertz CT molecular complexity index is 971. The maximum atomic E-state index is 12.2. The zero-order valence-electron chi connectivity index (χ0n) is 20.4. The second-order valence-corrected chi connectivity index (χ2v) is 11.5. The predicted octanol–water partition coefficient (Wildman–Crippen LogP) is 6.48. The maximum absolute atomic E-state index is 12.2. The van der Waals surface area contributed by atoms with Crippen molar-refractivity contribution < 1.29 is 14.3 Å². The normalized spacial score (nSPS) is 17.7. The first kappa shape index (κ1) is 22.8. The van der Waals surface area contributed by atoms with Crippen molar-refractivity contribution in [2.75, 3.05) is 0 Å². The highest BCUT2D eigenvalue weighted by Gasteiger charge is 2.45. The summed E-state index contributed by atoms with van der Waals surface area (Å²) < 4.78 is 11.7. The lowest BCUT2D eigenvalue weighted by atomic mass is 9.84. The van der Waals surface area contributed by atoms with Gasteiger partial charge in [0.2, 0.25) is 0 Å². The molecule has 4 rings (SSSR count). The van der Waals surface area contributed by atoms with Crippen LogP contribution in [0, 0.1) is 0 Å². The summed E-state index contributed by atoms with van der Waals surface area (Å²) in [5.74, 6) is 1.20. The van der Waals surface area contributed by atoms with Crippen LogP contribution in [0.25, 0.3) is 0 Å². The number of carbonyl (C=O) groups is 1. The van der Waals surface area contributed by atoms with Gasteiger partial charge in [-0.15, -0.1) is 0 Å². The van der Waals surface area contributed by atoms with Crippen LogP contribution in [0.1, 0.15) is 100 Å². The molecule has 2 aromatic rings. The number of benzene rings is 2. The molecule has 0 radical (unpaired) electrons. The van der Waals surface area contributed by atoms with E-state index in [2.05, 4.69) is 44.3 Å². The van der Waals surface area contributed by atoms with E-state index >= 15 is 0 Å². The van der Waals surface area contributed by atoms with Crippen molar-refractivity contribution in [3.63, 3.8) is 0 Å². The number of rotatable bonds is 7. The molecule has 4 heteroatoms. The topological polar surface area (TPSA) is 47.6 Å². The Labute approximate surface area is 192 Å². The quantitative estimate of drug-likeness (QED) is 0.400. The Balaban J connectivity index is 1.40. The molecule has 0 aromatic heterocycles.